The van der Waals surface area contributed by atoms with Crippen LogP contribution in [0.2, 0.25) is 0 Å². The molecule has 1 unspecified atom stereocenters. The van der Waals surface area contributed by atoms with Crippen molar-refractivity contribution >= 4 is 17.8 Å². The van der Waals surface area contributed by atoms with Crippen molar-refractivity contribution in [2.24, 2.45) is 5.41 Å². The van der Waals surface area contributed by atoms with Crippen molar-refractivity contribution in [2.45, 2.75) is 46.1 Å². The molecule has 0 saturated heterocycles. The van der Waals surface area contributed by atoms with Crippen LogP contribution in [-0.4, -0.2) is 46.7 Å². The second kappa shape index (κ2) is 7.23. The lowest BCUT2D eigenvalue weighted by molar-refractivity contribution is -0.142. The van der Waals surface area contributed by atoms with Crippen LogP contribution in [0.15, 0.2) is 0 Å². The van der Waals surface area contributed by atoms with Gasteiger partial charge in [0, 0.05) is 24.9 Å². The molecule has 0 heterocycles. The highest BCUT2D eigenvalue weighted by Gasteiger charge is 2.25. The molecular weight excluding hydrogens is 264 g/mol. The highest BCUT2D eigenvalue weighted by atomic mass is 16.4. The summed E-state index contributed by atoms with van der Waals surface area (Å²) in [6, 6.07) is 0. The SMILES string of the molecule is CC(O)(CNC(=O)CCNC(=O)C(C)(C)C)CC(=O)O. The monoisotopic (exact) mass is 288 g/mol. The summed E-state index contributed by atoms with van der Waals surface area (Å²) < 4.78 is 0. The Hall–Kier alpha value is -1.63. The van der Waals surface area contributed by atoms with Gasteiger partial charge in [-0.1, -0.05) is 20.8 Å². The standard InChI is InChI=1S/C13H24N2O5/c1-12(2,3)11(19)14-6-5-9(16)15-8-13(4,20)7-10(17)18/h20H,5-8H2,1-4H3,(H,14,19)(H,15,16)(H,17,18). The molecule has 1 atom stereocenters. The van der Waals surface area contributed by atoms with E-state index in [1.807, 2.05) is 0 Å². The molecule has 20 heavy (non-hydrogen) atoms. The van der Waals surface area contributed by atoms with Crippen LogP contribution in [-0.2, 0) is 14.4 Å². The van der Waals surface area contributed by atoms with Gasteiger partial charge in [-0.25, -0.2) is 0 Å². The van der Waals surface area contributed by atoms with Crippen LogP contribution in [0.4, 0.5) is 0 Å². The molecule has 0 aromatic heterocycles. The van der Waals surface area contributed by atoms with Crippen molar-refractivity contribution in [1.82, 2.24) is 10.6 Å². The largest absolute Gasteiger partial charge is 0.481 e. The Morgan fingerprint density at radius 2 is 1.60 bits per heavy atom. The van der Waals surface area contributed by atoms with Gasteiger partial charge in [0.15, 0.2) is 0 Å². The van der Waals surface area contributed by atoms with Crippen molar-refractivity contribution in [3.05, 3.63) is 0 Å². The summed E-state index contributed by atoms with van der Waals surface area (Å²) in [4.78, 5) is 33.5. The number of carboxylic acid groups (broad SMARTS) is 1. The average Bonchev–Trinajstić information content (AvgIpc) is 2.23. The molecule has 7 nitrogen and oxygen atoms in total. The smallest absolute Gasteiger partial charge is 0.306 e. The highest BCUT2D eigenvalue weighted by Crippen LogP contribution is 2.12. The van der Waals surface area contributed by atoms with Gasteiger partial charge in [-0.2, -0.15) is 0 Å². The van der Waals surface area contributed by atoms with Crippen LogP contribution in [0.1, 0.15) is 40.5 Å². The molecule has 7 heteroatoms. The third-order valence-electron chi connectivity index (χ3n) is 2.52. The second-order valence-electron chi connectivity index (χ2n) is 6.10. The van der Waals surface area contributed by atoms with Crippen LogP contribution >= 0.6 is 0 Å². The predicted molar refractivity (Wildman–Crippen MR) is 73.0 cm³/mol. The molecule has 0 aromatic carbocycles. The number of hydrogen-bond acceptors (Lipinski definition) is 4. The van der Waals surface area contributed by atoms with Gasteiger partial charge in [0.25, 0.3) is 0 Å². The minimum Gasteiger partial charge on any atom is -0.481 e. The van der Waals surface area contributed by atoms with Crippen molar-refractivity contribution in [2.75, 3.05) is 13.1 Å². The maximum atomic E-state index is 11.5. The number of aliphatic carboxylic acids is 1. The van der Waals surface area contributed by atoms with Crippen molar-refractivity contribution < 1.29 is 24.6 Å². The summed E-state index contributed by atoms with van der Waals surface area (Å²) in [5, 5.41) is 23.3. The molecule has 0 aliphatic carbocycles. The van der Waals surface area contributed by atoms with E-state index in [-0.39, 0.29) is 31.3 Å². The molecule has 0 spiro atoms. The number of carboxylic acids is 1. The summed E-state index contributed by atoms with van der Waals surface area (Å²) in [5.41, 5.74) is -2.00. The average molecular weight is 288 g/mol. The fourth-order valence-electron chi connectivity index (χ4n) is 1.32. The fraction of sp³-hybridized carbons (Fsp3) is 0.769. The van der Waals surface area contributed by atoms with Crippen LogP contribution in [0.5, 0.6) is 0 Å². The topological polar surface area (TPSA) is 116 Å². The molecule has 116 valence electrons. The maximum absolute atomic E-state index is 11.5. The van der Waals surface area contributed by atoms with Gasteiger partial charge in [-0.15, -0.1) is 0 Å². The van der Waals surface area contributed by atoms with E-state index in [9.17, 15) is 19.5 Å². The van der Waals surface area contributed by atoms with Gasteiger partial charge in [-0.3, -0.25) is 14.4 Å². The van der Waals surface area contributed by atoms with E-state index >= 15 is 0 Å². The quantitative estimate of drug-likeness (QED) is 0.521. The molecule has 0 rings (SSSR count). The van der Waals surface area contributed by atoms with E-state index in [1.54, 1.807) is 20.8 Å². The molecule has 2 amide bonds. The van der Waals surface area contributed by atoms with Gasteiger partial charge in [0.1, 0.15) is 0 Å². The molecular formula is C13H24N2O5. The first-order valence-corrected chi connectivity index (χ1v) is 6.43. The lowest BCUT2D eigenvalue weighted by atomic mass is 9.96. The van der Waals surface area contributed by atoms with Gasteiger partial charge >= 0.3 is 5.97 Å². The van der Waals surface area contributed by atoms with Gasteiger partial charge in [-0.05, 0) is 6.92 Å². The predicted octanol–water partition coefficient (Wildman–Crippen LogP) is -0.119. The van der Waals surface area contributed by atoms with Crippen LogP contribution in [0.3, 0.4) is 0 Å². The molecule has 0 aromatic rings. The molecule has 4 N–H and O–H groups in total. The molecule has 0 aliphatic rings. The number of rotatable bonds is 7. The zero-order valence-corrected chi connectivity index (χ0v) is 12.4. The first-order chi connectivity index (χ1) is 8.94. The number of hydrogen-bond donors (Lipinski definition) is 4. The molecule has 0 bridgehead atoms. The first-order valence-electron chi connectivity index (χ1n) is 6.43. The first kappa shape index (κ1) is 18.4. The minimum absolute atomic E-state index is 0.0744. The number of carbonyl (C=O) groups excluding carboxylic acids is 2. The Kier molecular flexibility index (Phi) is 6.64. The van der Waals surface area contributed by atoms with Crippen molar-refractivity contribution in [3.8, 4) is 0 Å². The second-order valence-corrected chi connectivity index (χ2v) is 6.10. The Balaban J connectivity index is 3.96. The van der Waals surface area contributed by atoms with E-state index < -0.39 is 23.4 Å². The van der Waals surface area contributed by atoms with E-state index in [0.717, 1.165) is 0 Å². The molecule has 0 aliphatic heterocycles. The van der Waals surface area contributed by atoms with E-state index in [1.165, 1.54) is 6.92 Å². The van der Waals surface area contributed by atoms with Crippen LogP contribution < -0.4 is 10.6 Å². The third-order valence-corrected chi connectivity index (χ3v) is 2.52. The number of amides is 2. The number of nitrogens with one attached hydrogen (secondary N) is 2. The van der Waals surface area contributed by atoms with E-state index in [2.05, 4.69) is 10.6 Å². The highest BCUT2D eigenvalue weighted by molar-refractivity contribution is 5.82. The van der Waals surface area contributed by atoms with Crippen LogP contribution in [0, 0.1) is 5.41 Å². The Bertz CT molecular complexity index is 371. The minimum atomic E-state index is -1.49. The molecule has 0 saturated carbocycles. The van der Waals surface area contributed by atoms with Crippen molar-refractivity contribution in [1.29, 1.82) is 0 Å². The number of aliphatic hydroxyl groups is 1. The summed E-state index contributed by atoms with van der Waals surface area (Å²) in [6.07, 6.45) is -0.376. The molecule has 0 radical (unpaired) electrons. The Morgan fingerprint density at radius 1 is 1.05 bits per heavy atom. The van der Waals surface area contributed by atoms with Gasteiger partial charge in [0.2, 0.25) is 11.8 Å². The lowest BCUT2D eigenvalue weighted by Gasteiger charge is -2.21. The zero-order valence-electron chi connectivity index (χ0n) is 12.4. The van der Waals surface area contributed by atoms with Crippen molar-refractivity contribution in [3.63, 3.8) is 0 Å². The van der Waals surface area contributed by atoms with Gasteiger partial charge in [0.05, 0.1) is 12.0 Å². The summed E-state index contributed by atoms with van der Waals surface area (Å²) >= 11 is 0. The summed E-state index contributed by atoms with van der Waals surface area (Å²) in [6.45, 7) is 6.69. The van der Waals surface area contributed by atoms with Gasteiger partial charge < -0.3 is 20.8 Å². The van der Waals surface area contributed by atoms with Crippen LogP contribution in [0.25, 0.3) is 0 Å². The normalized spacial score (nSPS) is 14.2. The Labute approximate surface area is 118 Å². The van der Waals surface area contributed by atoms with E-state index in [0.29, 0.717) is 0 Å². The maximum Gasteiger partial charge on any atom is 0.306 e. The molecule has 0 fully saturated rings. The summed E-state index contributed by atoms with van der Waals surface area (Å²) in [5.74, 6) is -1.64. The van der Waals surface area contributed by atoms with E-state index in [4.69, 9.17) is 5.11 Å². The fourth-order valence-corrected chi connectivity index (χ4v) is 1.32. The Morgan fingerprint density at radius 3 is 2.05 bits per heavy atom. The lowest BCUT2D eigenvalue weighted by Crippen LogP contribution is -2.43. The third kappa shape index (κ3) is 8.47. The zero-order chi connectivity index (χ0) is 16.0. The number of carbonyl (C=O) groups is 3. The summed E-state index contributed by atoms with van der Waals surface area (Å²) in [7, 11) is 0.